The average Bonchev–Trinajstić information content (AvgIpc) is 3.20. The van der Waals surface area contributed by atoms with Crippen LogP contribution in [-0.4, -0.2) is 55.4 Å². The molecule has 10 heteroatoms. The number of thiol groups is 3. The van der Waals surface area contributed by atoms with Crippen molar-refractivity contribution in [3.05, 3.63) is 29.3 Å². The zero-order valence-electron chi connectivity index (χ0n) is 20.9. The van der Waals surface area contributed by atoms with Crippen molar-refractivity contribution >= 4 is 50.1 Å². The van der Waals surface area contributed by atoms with Gasteiger partial charge in [-0.15, -0.1) is 0 Å². The highest BCUT2D eigenvalue weighted by Crippen LogP contribution is 2.61. The van der Waals surface area contributed by atoms with Gasteiger partial charge in [0, 0.05) is 24.8 Å². The lowest BCUT2D eigenvalue weighted by atomic mass is 9.55. The van der Waals surface area contributed by atoms with Crippen LogP contribution in [0.1, 0.15) is 56.1 Å². The number of benzene rings is 1. The summed E-state index contributed by atoms with van der Waals surface area (Å²) in [6.07, 6.45) is 8.02. The number of rotatable bonds is 5. The van der Waals surface area contributed by atoms with Gasteiger partial charge in [-0.05, 0) is 85.8 Å². The monoisotopic (exact) mass is 543 g/mol. The number of aryl methyl sites for hydroxylation is 1. The van der Waals surface area contributed by atoms with Crippen LogP contribution in [0.3, 0.4) is 0 Å². The Hall–Kier alpha value is -1.23. The summed E-state index contributed by atoms with van der Waals surface area (Å²) < 4.78 is 8.23. The molecule has 0 spiro atoms. The van der Waals surface area contributed by atoms with Crippen molar-refractivity contribution in [1.82, 2.24) is 15.4 Å². The van der Waals surface area contributed by atoms with Crippen LogP contribution in [0.25, 0.3) is 0 Å². The zero-order chi connectivity index (χ0) is 26.0. The van der Waals surface area contributed by atoms with Crippen molar-refractivity contribution in [3.63, 3.8) is 0 Å². The maximum absolute atomic E-state index is 12.1. The molecule has 35 heavy (non-hydrogen) atoms. The number of amides is 2. The van der Waals surface area contributed by atoms with Crippen LogP contribution < -0.4 is 15.4 Å². The summed E-state index contributed by atoms with van der Waals surface area (Å²) in [4.78, 5) is 22.3. The molecule has 5 unspecified atom stereocenters. The second-order valence-corrected chi connectivity index (χ2v) is 10.2. The minimum Gasteiger partial charge on any atom is -0.508 e. The van der Waals surface area contributed by atoms with E-state index in [0.29, 0.717) is 35.8 Å². The molecule has 0 aromatic heterocycles. The van der Waals surface area contributed by atoms with Gasteiger partial charge < -0.3 is 20.5 Å². The zero-order valence-corrected chi connectivity index (χ0v) is 23.6. The van der Waals surface area contributed by atoms with Gasteiger partial charge in [0.15, 0.2) is 0 Å². The molecule has 1 aromatic carbocycles. The standard InChI is InChI=1S/C21H29NO3S.C3H8N2OS.CH4S/c1-21-9-8-16-15-5-3-14(23)12-13(15)2-4-17(16)18(21)6-7-19(21)25-20(24)22-10-11-26;1-4-3(6)2-5-7;1-2/h3,5,12,16-19,23,26H,2,4,6-11H2,1H3,(H,22,24);5,7H,2H2,1H3,(H,4,6);2H,1H3. The van der Waals surface area contributed by atoms with Gasteiger partial charge in [-0.25, -0.2) is 4.79 Å². The molecule has 1 aromatic rings. The molecule has 3 aliphatic carbocycles. The van der Waals surface area contributed by atoms with Crippen molar-refractivity contribution in [2.45, 2.75) is 57.5 Å². The Morgan fingerprint density at radius 3 is 2.57 bits per heavy atom. The van der Waals surface area contributed by atoms with E-state index in [1.54, 1.807) is 13.3 Å². The Morgan fingerprint density at radius 2 is 1.94 bits per heavy atom. The summed E-state index contributed by atoms with van der Waals surface area (Å²) in [5, 5.41) is 15.0. The van der Waals surface area contributed by atoms with Crippen LogP contribution in [0.5, 0.6) is 5.75 Å². The number of phenols is 1. The van der Waals surface area contributed by atoms with Crippen LogP contribution in [0, 0.1) is 17.3 Å². The summed E-state index contributed by atoms with van der Waals surface area (Å²) in [7, 11) is 1.58. The Morgan fingerprint density at radius 1 is 1.20 bits per heavy atom. The largest absolute Gasteiger partial charge is 0.508 e. The number of hydrogen-bond acceptors (Lipinski definition) is 8. The molecular formula is C25H41N3O4S3. The predicted molar refractivity (Wildman–Crippen MR) is 151 cm³/mol. The third-order valence-electron chi connectivity index (χ3n) is 7.77. The average molecular weight is 544 g/mol. The van der Waals surface area contributed by atoms with Gasteiger partial charge in [0.1, 0.15) is 11.9 Å². The number of nitrogens with one attached hydrogen (secondary N) is 3. The lowest BCUT2D eigenvalue weighted by Crippen LogP contribution is -2.46. The van der Waals surface area contributed by atoms with Gasteiger partial charge in [0.05, 0.1) is 6.54 Å². The molecule has 2 saturated carbocycles. The fourth-order valence-electron chi connectivity index (χ4n) is 6.20. The third kappa shape index (κ3) is 7.40. The molecule has 2 amide bonds. The minimum atomic E-state index is -0.294. The highest BCUT2D eigenvalue weighted by atomic mass is 32.1. The first-order chi connectivity index (χ1) is 16.8. The molecule has 0 aliphatic heterocycles. The first-order valence-electron chi connectivity index (χ1n) is 12.2. The van der Waals surface area contributed by atoms with Gasteiger partial charge in [-0.2, -0.15) is 25.3 Å². The van der Waals surface area contributed by atoms with Crippen LogP contribution in [0.2, 0.25) is 0 Å². The van der Waals surface area contributed by atoms with Gasteiger partial charge in [-0.3, -0.25) is 9.52 Å². The fourth-order valence-corrected chi connectivity index (χ4v) is 6.46. The molecule has 0 saturated heterocycles. The highest BCUT2D eigenvalue weighted by Gasteiger charge is 2.56. The lowest BCUT2D eigenvalue weighted by molar-refractivity contribution is -0.119. The summed E-state index contributed by atoms with van der Waals surface area (Å²) in [5.74, 6) is 2.82. The molecule has 0 heterocycles. The number of hydrogen-bond donors (Lipinski definition) is 7. The van der Waals surface area contributed by atoms with E-state index >= 15 is 0 Å². The highest BCUT2D eigenvalue weighted by molar-refractivity contribution is 7.80. The van der Waals surface area contributed by atoms with Crippen molar-refractivity contribution in [1.29, 1.82) is 0 Å². The quantitative estimate of drug-likeness (QED) is 0.285. The molecule has 3 aliphatic rings. The number of carbonyl (C=O) groups excluding carboxylic acids is 2. The van der Waals surface area contributed by atoms with E-state index in [2.05, 4.69) is 66.4 Å². The number of likely N-dealkylation sites (N-methyl/N-ethyl adjacent to an activating group) is 1. The first kappa shape index (κ1) is 30.0. The molecule has 2 fully saturated rings. The van der Waals surface area contributed by atoms with Crippen molar-refractivity contribution in [2.24, 2.45) is 17.3 Å². The molecule has 4 rings (SSSR count). The molecule has 5 atom stereocenters. The van der Waals surface area contributed by atoms with Crippen LogP contribution in [-0.2, 0) is 16.0 Å². The Balaban J connectivity index is 0.000000416. The molecule has 198 valence electrons. The number of phenolic OH excluding ortho intramolecular Hbond substituents is 1. The van der Waals surface area contributed by atoms with Crippen molar-refractivity contribution in [2.75, 3.05) is 32.1 Å². The van der Waals surface area contributed by atoms with E-state index in [1.165, 1.54) is 17.5 Å². The number of fused-ring (bicyclic) bond motifs is 5. The number of alkyl carbamates (subject to hydrolysis) is 1. The summed E-state index contributed by atoms with van der Waals surface area (Å²) in [6.45, 7) is 3.15. The third-order valence-corrected chi connectivity index (χ3v) is 8.15. The van der Waals surface area contributed by atoms with Crippen LogP contribution >= 0.6 is 38.1 Å². The SMILES string of the molecule is CC12CCC3c4ccc(O)cc4CCC3C1CCC2OC(=O)NCCS.CNC(=O)CNS.CS. The summed E-state index contributed by atoms with van der Waals surface area (Å²) in [6, 6.07) is 5.92. The Kier molecular flexibility index (Phi) is 12.4. The van der Waals surface area contributed by atoms with Gasteiger partial charge in [0.25, 0.3) is 0 Å². The van der Waals surface area contributed by atoms with E-state index in [0.717, 1.165) is 32.1 Å². The number of aromatic hydroxyl groups is 1. The topological polar surface area (TPSA) is 99.7 Å². The second-order valence-electron chi connectivity index (χ2n) is 9.47. The van der Waals surface area contributed by atoms with Crippen molar-refractivity contribution in [3.8, 4) is 5.75 Å². The van der Waals surface area contributed by atoms with Gasteiger partial charge >= 0.3 is 6.09 Å². The van der Waals surface area contributed by atoms with E-state index in [-0.39, 0.29) is 30.1 Å². The molecule has 7 nitrogen and oxygen atoms in total. The van der Waals surface area contributed by atoms with Crippen LogP contribution in [0.4, 0.5) is 4.79 Å². The molecule has 4 N–H and O–H groups in total. The Labute approximate surface area is 226 Å². The predicted octanol–water partition coefficient (Wildman–Crippen LogP) is 3.99. The molecular weight excluding hydrogens is 502 g/mol. The van der Waals surface area contributed by atoms with E-state index in [1.807, 2.05) is 12.1 Å². The fraction of sp³-hybridized carbons (Fsp3) is 0.680. The summed E-state index contributed by atoms with van der Waals surface area (Å²) in [5.41, 5.74) is 2.86. The van der Waals surface area contributed by atoms with Crippen LogP contribution in [0.15, 0.2) is 18.2 Å². The number of ether oxygens (including phenoxy) is 1. The lowest BCUT2D eigenvalue weighted by Gasteiger charge is -2.50. The molecule has 0 bridgehead atoms. The number of carbonyl (C=O) groups is 2. The molecule has 0 radical (unpaired) electrons. The van der Waals surface area contributed by atoms with Crippen molar-refractivity contribution < 1.29 is 19.4 Å². The summed E-state index contributed by atoms with van der Waals surface area (Å²) >= 11 is 11.3. The minimum absolute atomic E-state index is 0.0228. The second kappa shape index (κ2) is 14.5. The van der Waals surface area contributed by atoms with E-state index in [9.17, 15) is 14.7 Å². The van der Waals surface area contributed by atoms with Gasteiger partial charge in [-0.1, -0.05) is 25.8 Å². The normalized spacial score (nSPS) is 27.9. The van der Waals surface area contributed by atoms with Gasteiger partial charge in [0.2, 0.25) is 5.91 Å². The first-order valence-corrected chi connectivity index (χ1v) is 14.2. The Bertz CT molecular complexity index is 844. The van der Waals surface area contributed by atoms with E-state index < -0.39 is 0 Å². The smallest absolute Gasteiger partial charge is 0.407 e. The van der Waals surface area contributed by atoms with E-state index in [4.69, 9.17) is 4.74 Å². The maximum Gasteiger partial charge on any atom is 0.407 e. The maximum atomic E-state index is 12.1.